The van der Waals surface area contributed by atoms with Crippen LogP contribution in [0.2, 0.25) is 0 Å². The lowest BCUT2D eigenvalue weighted by atomic mass is 10.1. The van der Waals surface area contributed by atoms with E-state index < -0.39 is 28.0 Å². The van der Waals surface area contributed by atoms with Crippen molar-refractivity contribution in [1.82, 2.24) is 15.0 Å². The number of hydrogen-bond acceptors (Lipinski definition) is 6. The molecule has 108 valence electrons. The number of nitrogens with zero attached hydrogens (tertiary/aromatic N) is 2. The average Bonchev–Trinajstić information content (AvgIpc) is 2.83. The quantitative estimate of drug-likeness (QED) is 0.829. The normalized spacial score (nSPS) is 13.8. The fourth-order valence-corrected chi connectivity index (χ4v) is 3.19. The molecule has 0 bridgehead atoms. The average molecular weight is 299 g/mol. The zero-order chi connectivity index (χ0) is 14.9. The van der Waals surface area contributed by atoms with E-state index in [1.165, 1.54) is 12.1 Å². The van der Waals surface area contributed by atoms with E-state index in [9.17, 15) is 13.2 Å². The lowest BCUT2D eigenvalue weighted by Gasteiger charge is -2.17. The second-order valence-corrected chi connectivity index (χ2v) is 6.25. The summed E-state index contributed by atoms with van der Waals surface area (Å²) in [6.45, 7) is 3.22. The number of carboxylic acids is 1. The summed E-state index contributed by atoms with van der Waals surface area (Å²) in [7, 11) is -4.04. The van der Waals surface area contributed by atoms with Crippen LogP contribution in [0.25, 0.3) is 11.0 Å². The predicted molar refractivity (Wildman–Crippen MR) is 68.4 cm³/mol. The van der Waals surface area contributed by atoms with E-state index in [0.717, 1.165) is 0 Å². The summed E-state index contributed by atoms with van der Waals surface area (Å²) in [6.07, 6.45) is 0. The maximum absolute atomic E-state index is 12.3. The van der Waals surface area contributed by atoms with Gasteiger partial charge in [0.2, 0.25) is 10.0 Å². The van der Waals surface area contributed by atoms with Gasteiger partial charge in [0.25, 0.3) is 0 Å². The SMILES string of the molecule is CC(C)C(NS(=O)(=O)c1cccc2nonc12)C(=O)O. The monoisotopic (exact) mass is 299 g/mol. The summed E-state index contributed by atoms with van der Waals surface area (Å²) in [5.74, 6) is -1.65. The van der Waals surface area contributed by atoms with Crippen molar-refractivity contribution in [2.24, 2.45) is 5.92 Å². The van der Waals surface area contributed by atoms with Crippen molar-refractivity contribution in [1.29, 1.82) is 0 Å². The van der Waals surface area contributed by atoms with Gasteiger partial charge in [-0.1, -0.05) is 19.9 Å². The van der Waals surface area contributed by atoms with Gasteiger partial charge >= 0.3 is 5.97 Å². The highest BCUT2D eigenvalue weighted by Gasteiger charge is 2.29. The van der Waals surface area contributed by atoms with Crippen LogP contribution in [0.5, 0.6) is 0 Å². The fraction of sp³-hybridized carbons (Fsp3) is 0.364. The Morgan fingerprint density at radius 1 is 1.35 bits per heavy atom. The Morgan fingerprint density at radius 3 is 2.65 bits per heavy atom. The molecule has 0 saturated heterocycles. The Labute approximate surface area is 114 Å². The fourth-order valence-electron chi connectivity index (χ4n) is 1.70. The largest absolute Gasteiger partial charge is 0.480 e. The van der Waals surface area contributed by atoms with Crippen LogP contribution in [0.1, 0.15) is 13.8 Å². The van der Waals surface area contributed by atoms with E-state index in [0.29, 0.717) is 0 Å². The number of rotatable bonds is 5. The van der Waals surface area contributed by atoms with E-state index in [-0.39, 0.29) is 15.9 Å². The molecule has 0 aliphatic heterocycles. The number of carboxylic acid groups (broad SMARTS) is 1. The van der Waals surface area contributed by atoms with E-state index >= 15 is 0 Å². The molecule has 0 saturated carbocycles. The third kappa shape index (κ3) is 2.63. The van der Waals surface area contributed by atoms with Gasteiger partial charge in [-0.15, -0.1) is 0 Å². The van der Waals surface area contributed by atoms with Gasteiger partial charge in [-0.25, -0.2) is 13.0 Å². The molecule has 0 aliphatic carbocycles. The zero-order valence-corrected chi connectivity index (χ0v) is 11.6. The van der Waals surface area contributed by atoms with Gasteiger partial charge in [-0.3, -0.25) is 4.79 Å². The van der Waals surface area contributed by atoms with Crippen LogP contribution in [0.15, 0.2) is 27.7 Å². The maximum Gasteiger partial charge on any atom is 0.322 e. The van der Waals surface area contributed by atoms with Gasteiger partial charge in [0, 0.05) is 0 Å². The van der Waals surface area contributed by atoms with Gasteiger partial charge in [0.15, 0.2) is 5.52 Å². The minimum atomic E-state index is -4.04. The number of aliphatic carboxylic acids is 1. The molecule has 1 aromatic carbocycles. The predicted octanol–water partition coefficient (Wildman–Crippen LogP) is 0.610. The van der Waals surface area contributed by atoms with Gasteiger partial charge < -0.3 is 5.11 Å². The van der Waals surface area contributed by atoms with Crippen molar-refractivity contribution in [3.8, 4) is 0 Å². The van der Waals surface area contributed by atoms with Gasteiger partial charge in [-0.2, -0.15) is 4.72 Å². The summed E-state index contributed by atoms with van der Waals surface area (Å²) < 4.78 is 31.2. The van der Waals surface area contributed by atoms with E-state index in [4.69, 9.17) is 5.11 Å². The molecule has 1 heterocycles. The molecule has 8 nitrogen and oxygen atoms in total. The van der Waals surface area contributed by atoms with E-state index in [1.54, 1.807) is 19.9 Å². The van der Waals surface area contributed by atoms with Crippen LogP contribution in [0.4, 0.5) is 0 Å². The number of sulfonamides is 1. The standard InChI is InChI=1S/C11H13N3O5S/c1-6(2)9(11(15)16)14-20(17,18)8-5-3-4-7-10(8)13-19-12-7/h3-6,9,14H,1-2H3,(H,15,16). The number of carbonyl (C=O) groups is 1. The molecular weight excluding hydrogens is 286 g/mol. The highest BCUT2D eigenvalue weighted by Crippen LogP contribution is 2.20. The Kier molecular flexibility index (Phi) is 3.73. The number of hydrogen-bond donors (Lipinski definition) is 2. The third-order valence-electron chi connectivity index (χ3n) is 2.75. The Morgan fingerprint density at radius 2 is 2.05 bits per heavy atom. The third-order valence-corrected chi connectivity index (χ3v) is 4.23. The molecule has 1 aromatic heterocycles. The van der Waals surface area contributed by atoms with E-state index in [2.05, 4.69) is 19.7 Å². The highest BCUT2D eigenvalue weighted by atomic mass is 32.2. The Hall–Kier alpha value is -2.00. The molecule has 0 fully saturated rings. The van der Waals surface area contributed by atoms with Crippen LogP contribution in [0, 0.1) is 5.92 Å². The molecule has 1 atom stereocenters. The van der Waals surface area contributed by atoms with Crippen LogP contribution in [-0.2, 0) is 14.8 Å². The van der Waals surface area contributed by atoms with Crippen LogP contribution < -0.4 is 4.72 Å². The Balaban J connectivity index is 2.45. The molecule has 20 heavy (non-hydrogen) atoms. The number of aromatic nitrogens is 2. The number of fused-ring (bicyclic) bond motifs is 1. The van der Waals surface area contributed by atoms with Crippen molar-refractivity contribution in [2.75, 3.05) is 0 Å². The topological polar surface area (TPSA) is 122 Å². The molecule has 9 heteroatoms. The summed E-state index contributed by atoms with van der Waals surface area (Å²) in [5.41, 5.74) is 0.345. The molecule has 0 radical (unpaired) electrons. The molecule has 2 N–H and O–H groups in total. The smallest absolute Gasteiger partial charge is 0.322 e. The molecule has 2 aromatic rings. The Bertz CT molecular complexity index is 737. The maximum atomic E-state index is 12.3. The van der Waals surface area contributed by atoms with Crippen molar-refractivity contribution in [3.05, 3.63) is 18.2 Å². The molecule has 2 rings (SSSR count). The van der Waals surface area contributed by atoms with Crippen LogP contribution in [0.3, 0.4) is 0 Å². The summed E-state index contributed by atoms with van der Waals surface area (Å²) in [5, 5.41) is 16.1. The first-order valence-electron chi connectivity index (χ1n) is 5.79. The van der Waals surface area contributed by atoms with Gasteiger partial charge in [0.05, 0.1) is 0 Å². The van der Waals surface area contributed by atoms with Crippen molar-refractivity contribution >= 4 is 27.0 Å². The second-order valence-electron chi connectivity index (χ2n) is 4.57. The van der Waals surface area contributed by atoms with Crippen molar-refractivity contribution in [2.45, 2.75) is 24.8 Å². The van der Waals surface area contributed by atoms with E-state index in [1.807, 2.05) is 0 Å². The number of nitrogens with one attached hydrogen (secondary N) is 1. The molecule has 0 amide bonds. The molecule has 0 spiro atoms. The molecule has 1 unspecified atom stereocenters. The lowest BCUT2D eigenvalue weighted by Crippen LogP contribution is -2.44. The first kappa shape index (κ1) is 14.4. The van der Waals surface area contributed by atoms with Crippen molar-refractivity contribution < 1.29 is 22.9 Å². The van der Waals surface area contributed by atoms with Gasteiger partial charge in [0.1, 0.15) is 16.5 Å². The zero-order valence-electron chi connectivity index (χ0n) is 10.8. The van der Waals surface area contributed by atoms with Crippen LogP contribution >= 0.6 is 0 Å². The lowest BCUT2D eigenvalue weighted by molar-refractivity contribution is -0.140. The minimum Gasteiger partial charge on any atom is -0.480 e. The number of benzene rings is 1. The van der Waals surface area contributed by atoms with Gasteiger partial charge in [-0.05, 0) is 28.4 Å². The first-order chi connectivity index (χ1) is 9.33. The highest BCUT2D eigenvalue weighted by molar-refractivity contribution is 7.89. The molecule has 0 aliphatic rings. The second kappa shape index (κ2) is 5.17. The van der Waals surface area contributed by atoms with Crippen molar-refractivity contribution in [3.63, 3.8) is 0 Å². The summed E-state index contributed by atoms with van der Waals surface area (Å²) >= 11 is 0. The summed E-state index contributed by atoms with van der Waals surface area (Å²) in [6, 6.07) is 3.11. The first-order valence-corrected chi connectivity index (χ1v) is 7.27. The van der Waals surface area contributed by atoms with Crippen LogP contribution in [-0.4, -0.2) is 35.8 Å². The summed E-state index contributed by atoms with van der Waals surface area (Å²) in [4.78, 5) is 10.9. The molecular formula is C11H13N3O5S. The minimum absolute atomic E-state index is 0.0629.